The van der Waals surface area contributed by atoms with Gasteiger partial charge in [0.2, 0.25) is 21.8 Å². The molecule has 0 saturated heterocycles. The van der Waals surface area contributed by atoms with Crippen molar-refractivity contribution in [1.82, 2.24) is 9.71 Å². The van der Waals surface area contributed by atoms with Gasteiger partial charge in [0.25, 0.3) is 0 Å². The van der Waals surface area contributed by atoms with Gasteiger partial charge in [0.1, 0.15) is 0 Å². The molecule has 1 aromatic heterocycles. The zero-order chi connectivity index (χ0) is 17.9. The smallest absolute Gasteiger partial charge is 0.240 e. The summed E-state index contributed by atoms with van der Waals surface area (Å²) in [5.41, 5.74) is 1.42. The lowest BCUT2D eigenvalue weighted by atomic mass is 10.0. The predicted octanol–water partition coefficient (Wildman–Crippen LogP) is 1.33. The fraction of sp³-hybridized carbons (Fsp3) is 0.267. The molecule has 0 atom stereocenters. The summed E-state index contributed by atoms with van der Waals surface area (Å²) in [4.78, 5) is 27.1. The minimum atomic E-state index is -3.72. The van der Waals surface area contributed by atoms with E-state index in [-0.39, 0.29) is 29.7 Å². The molecule has 2 amide bonds. The van der Waals surface area contributed by atoms with Crippen LogP contribution in [0.4, 0.5) is 10.8 Å². The van der Waals surface area contributed by atoms with Gasteiger partial charge in [-0.3, -0.25) is 9.59 Å². The maximum Gasteiger partial charge on any atom is 0.240 e. The molecular formula is C15H16N4O4S2. The minimum absolute atomic E-state index is 0.000190. The van der Waals surface area contributed by atoms with Crippen LogP contribution in [-0.2, 0) is 26.0 Å². The van der Waals surface area contributed by atoms with Crippen molar-refractivity contribution in [3.05, 3.63) is 35.3 Å². The molecule has 1 aromatic carbocycles. The zero-order valence-electron chi connectivity index (χ0n) is 13.1. The van der Waals surface area contributed by atoms with Gasteiger partial charge in [-0.15, -0.1) is 11.3 Å². The number of fused-ring (bicyclic) bond motifs is 1. The summed E-state index contributed by atoms with van der Waals surface area (Å²) in [5.74, 6) is -0.390. The Labute approximate surface area is 148 Å². The summed E-state index contributed by atoms with van der Waals surface area (Å²) >= 11 is 1.29. The van der Waals surface area contributed by atoms with Gasteiger partial charge < -0.3 is 10.6 Å². The number of nitrogens with zero attached hydrogens (tertiary/aromatic N) is 1. The topological polar surface area (TPSA) is 117 Å². The highest BCUT2D eigenvalue weighted by Crippen LogP contribution is 2.25. The Morgan fingerprint density at radius 3 is 2.92 bits per heavy atom. The van der Waals surface area contributed by atoms with Crippen LogP contribution in [0.3, 0.4) is 0 Å². The van der Waals surface area contributed by atoms with Gasteiger partial charge in [-0.2, -0.15) is 0 Å². The van der Waals surface area contributed by atoms with Crippen molar-refractivity contribution in [3.8, 4) is 0 Å². The van der Waals surface area contributed by atoms with Gasteiger partial charge >= 0.3 is 0 Å². The van der Waals surface area contributed by atoms with Crippen LogP contribution in [0, 0.1) is 0 Å². The summed E-state index contributed by atoms with van der Waals surface area (Å²) in [6.45, 7) is -0.0205. The highest BCUT2D eigenvalue weighted by atomic mass is 32.2. The van der Waals surface area contributed by atoms with Crippen molar-refractivity contribution in [3.63, 3.8) is 0 Å². The molecule has 0 radical (unpaired) electrons. The number of carbonyl (C=O) groups excluding carboxylic acids is 2. The number of aromatic nitrogens is 1. The maximum atomic E-state index is 12.3. The van der Waals surface area contributed by atoms with E-state index in [2.05, 4.69) is 20.3 Å². The molecule has 2 aromatic rings. The fourth-order valence-electron chi connectivity index (χ4n) is 2.38. The first-order chi connectivity index (χ1) is 11.9. The highest BCUT2D eigenvalue weighted by Gasteiger charge is 2.20. The van der Waals surface area contributed by atoms with E-state index in [1.807, 2.05) is 0 Å². The van der Waals surface area contributed by atoms with Crippen molar-refractivity contribution < 1.29 is 18.0 Å². The Morgan fingerprint density at radius 2 is 2.16 bits per heavy atom. The predicted molar refractivity (Wildman–Crippen MR) is 93.9 cm³/mol. The van der Waals surface area contributed by atoms with Crippen LogP contribution in [0.5, 0.6) is 0 Å². The molecule has 0 bridgehead atoms. The Balaban J connectivity index is 1.58. The number of thiazole rings is 1. The molecule has 25 heavy (non-hydrogen) atoms. The van der Waals surface area contributed by atoms with Gasteiger partial charge in [-0.05, 0) is 30.2 Å². The van der Waals surface area contributed by atoms with E-state index in [0.717, 1.165) is 5.56 Å². The first kappa shape index (κ1) is 17.5. The van der Waals surface area contributed by atoms with Crippen molar-refractivity contribution in [2.24, 2.45) is 0 Å². The second-order valence-electron chi connectivity index (χ2n) is 5.40. The van der Waals surface area contributed by atoms with E-state index in [0.29, 0.717) is 23.7 Å². The van der Waals surface area contributed by atoms with Crippen LogP contribution in [-0.4, -0.2) is 31.8 Å². The monoisotopic (exact) mass is 380 g/mol. The summed E-state index contributed by atoms with van der Waals surface area (Å²) in [6, 6.07) is 4.56. The average molecular weight is 380 g/mol. The number of sulfonamides is 1. The molecule has 0 saturated carbocycles. The maximum absolute atomic E-state index is 12.3. The molecule has 1 aliphatic heterocycles. The van der Waals surface area contributed by atoms with E-state index in [1.54, 1.807) is 23.7 Å². The molecule has 0 aliphatic carbocycles. The number of rotatable bonds is 6. The van der Waals surface area contributed by atoms with Crippen LogP contribution in [0.15, 0.2) is 34.7 Å². The third-order valence-corrected chi connectivity index (χ3v) is 5.75. The molecule has 3 rings (SSSR count). The van der Waals surface area contributed by atoms with Crippen molar-refractivity contribution in [2.45, 2.75) is 24.2 Å². The highest BCUT2D eigenvalue weighted by molar-refractivity contribution is 7.89. The van der Waals surface area contributed by atoms with Crippen molar-refractivity contribution in [1.29, 1.82) is 0 Å². The standard InChI is InChI=1S/C15H16N4O4S2/c20-13-4-1-10-9-11(2-3-12(10)18-13)25(22,23)17-6-5-14(21)19-15-16-7-8-24-15/h2-3,7-9,17H,1,4-6H2,(H,18,20)(H,16,19,21). The average Bonchev–Trinajstić information content (AvgIpc) is 3.07. The Kier molecular flexibility index (Phi) is 5.11. The number of amides is 2. The van der Waals surface area contributed by atoms with Gasteiger partial charge in [0, 0.05) is 36.7 Å². The first-order valence-corrected chi connectivity index (χ1v) is 9.92. The number of nitrogens with one attached hydrogen (secondary N) is 3. The summed E-state index contributed by atoms with van der Waals surface area (Å²) in [7, 11) is -3.72. The number of anilines is 2. The second-order valence-corrected chi connectivity index (χ2v) is 8.06. The zero-order valence-corrected chi connectivity index (χ0v) is 14.7. The molecule has 3 N–H and O–H groups in total. The molecule has 132 valence electrons. The normalized spacial score (nSPS) is 13.8. The van der Waals surface area contributed by atoms with Crippen LogP contribution in [0.2, 0.25) is 0 Å². The lowest BCUT2D eigenvalue weighted by Crippen LogP contribution is -2.28. The number of hydrogen-bond donors (Lipinski definition) is 3. The van der Waals surface area contributed by atoms with Crippen LogP contribution < -0.4 is 15.4 Å². The van der Waals surface area contributed by atoms with Crippen LogP contribution >= 0.6 is 11.3 Å². The lowest BCUT2D eigenvalue weighted by Gasteiger charge is -2.17. The third-order valence-electron chi connectivity index (χ3n) is 3.61. The van der Waals surface area contributed by atoms with Gasteiger partial charge in [-0.25, -0.2) is 18.1 Å². The number of carbonyl (C=O) groups is 2. The van der Waals surface area contributed by atoms with Gasteiger partial charge in [0.05, 0.1) is 4.90 Å². The SMILES string of the molecule is O=C(CCNS(=O)(=O)c1ccc2c(c1)CCC(=O)N2)Nc1nccs1. The summed E-state index contributed by atoms with van der Waals surface area (Å²) in [6.07, 6.45) is 2.41. The van der Waals surface area contributed by atoms with E-state index in [4.69, 9.17) is 0 Å². The third kappa shape index (κ3) is 4.41. The quantitative estimate of drug-likeness (QED) is 0.699. The van der Waals surface area contributed by atoms with E-state index in [9.17, 15) is 18.0 Å². The van der Waals surface area contributed by atoms with Crippen molar-refractivity contribution in [2.75, 3.05) is 17.2 Å². The van der Waals surface area contributed by atoms with Gasteiger partial charge in [-0.1, -0.05) is 0 Å². The molecular weight excluding hydrogens is 364 g/mol. The van der Waals surface area contributed by atoms with E-state index in [1.165, 1.54) is 17.4 Å². The van der Waals surface area contributed by atoms with E-state index < -0.39 is 10.0 Å². The summed E-state index contributed by atoms with van der Waals surface area (Å²) in [5, 5.41) is 7.50. The molecule has 0 unspecified atom stereocenters. The lowest BCUT2D eigenvalue weighted by molar-refractivity contribution is -0.117. The molecule has 8 nitrogen and oxygen atoms in total. The molecule has 0 fully saturated rings. The van der Waals surface area contributed by atoms with Crippen molar-refractivity contribution >= 4 is 44.0 Å². The largest absolute Gasteiger partial charge is 0.326 e. The van der Waals surface area contributed by atoms with E-state index >= 15 is 0 Å². The molecule has 0 spiro atoms. The fourth-order valence-corrected chi connectivity index (χ4v) is 4.00. The molecule has 1 aliphatic rings. The second kappa shape index (κ2) is 7.30. The number of hydrogen-bond acceptors (Lipinski definition) is 6. The Hall–Kier alpha value is -2.30. The summed E-state index contributed by atoms with van der Waals surface area (Å²) < 4.78 is 27.1. The first-order valence-electron chi connectivity index (χ1n) is 7.56. The Bertz CT molecular complexity index is 894. The Morgan fingerprint density at radius 1 is 1.32 bits per heavy atom. The van der Waals surface area contributed by atoms with Crippen LogP contribution in [0.25, 0.3) is 0 Å². The molecule has 10 heteroatoms. The number of aryl methyl sites for hydroxylation is 1. The van der Waals surface area contributed by atoms with Gasteiger partial charge in [0.15, 0.2) is 5.13 Å². The minimum Gasteiger partial charge on any atom is -0.326 e. The number of benzene rings is 1. The molecule has 2 heterocycles. The van der Waals surface area contributed by atoms with Crippen LogP contribution in [0.1, 0.15) is 18.4 Å².